The molecule has 1 unspecified atom stereocenters. The molecule has 4 nitrogen and oxygen atoms in total. The minimum Gasteiger partial charge on any atom is -0.363 e. The highest BCUT2D eigenvalue weighted by atomic mass is 19.4. The van der Waals surface area contributed by atoms with E-state index in [0.717, 1.165) is 50.0 Å². The van der Waals surface area contributed by atoms with Crippen molar-refractivity contribution in [3.63, 3.8) is 0 Å². The maximum absolute atomic E-state index is 13.7. The average Bonchev–Trinajstić information content (AvgIpc) is 3.63. The minimum absolute atomic E-state index is 0.0534. The van der Waals surface area contributed by atoms with Gasteiger partial charge in [0.15, 0.2) is 0 Å². The number of carbonyl (C=O) groups is 1. The molecule has 0 spiro atoms. The number of amides is 1. The van der Waals surface area contributed by atoms with Crippen molar-refractivity contribution >= 4 is 5.91 Å². The highest BCUT2D eigenvalue weighted by Crippen LogP contribution is 2.47. The van der Waals surface area contributed by atoms with Crippen molar-refractivity contribution in [3.05, 3.63) is 70.8 Å². The van der Waals surface area contributed by atoms with Crippen LogP contribution >= 0.6 is 0 Å². The van der Waals surface area contributed by atoms with Crippen molar-refractivity contribution in [2.45, 2.75) is 56.0 Å². The molecule has 1 N–H and O–H groups in total. The third-order valence-electron chi connectivity index (χ3n) is 7.51. The van der Waals surface area contributed by atoms with E-state index in [2.05, 4.69) is 10.2 Å². The van der Waals surface area contributed by atoms with Crippen LogP contribution in [0, 0.1) is 17.6 Å². The van der Waals surface area contributed by atoms with Gasteiger partial charge in [-0.15, -0.1) is 0 Å². The SMILES string of the molecule is O=C(NCc1cc(F)cc(C(F)(F)F)c1)[C@@]1(C2CC2)CCC(N2CC(c3ccc(F)cc3)C2)CO1. The van der Waals surface area contributed by atoms with Crippen LogP contribution in [-0.4, -0.2) is 42.1 Å². The van der Waals surface area contributed by atoms with E-state index in [0.29, 0.717) is 25.0 Å². The number of ether oxygens (including phenoxy) is 1. The fourth-order valence-corrected chi connectivity index (χ4v) is 5.31. The van der Waals surface area contributed by atoms with E-state index in [1.165, 1.54) is 12.1 Å². The number of rotatable bonds is 6. The van der Waals surface area contributed by atoms with Gasteiger partial charge >= 0.3 is 6.18 Å². The van der Waals surface area contributed by atoms with E-state index < -0.39 is 23.2 Å². The lowest BCUT2D eigenvalue weighted by molar-refractivity contribution is -0.167. The van der Waals surface area contributed by atoms with Crippen molar-refractivity contribution in [1.82, 2.24) is 10.2 Å². The van der Waals surface area contributed by atoms with Crippen LogP contribution in [0.4, 0.5) is 22.0 Å². The lowest BCUT2D eigenvalue weighted by Crippen LogP contribution is -2.59. The smallest absolute Gasteiger partial charge is 0.363 e. The van der Waals surface area contributed by atoms with Crippen LogP contribution in [0.3, 0.4) is 0 Å². The van der Waals surface area contributed by atoms with E-state index >= 15 is 0 Å². The summed E-state index contributed by atoms with van der Waals surface area (Å²) < 4.78 is 72.1. The van der Waals surface area contributed by atoms with E-state index in [1.807, 2.05) is 12.1 Å². The number of carbonyl (C=O) groups excluding carboxylic acids is 1. The number of halogens is 5. The minimum atomic E-state index is -4.66. The Bertz CT molecular complexity index is 1070. The molecule has 2 aromatic carbocycles. The zero-order chi connectivity index (χ0) is 24.8. The third kappa shape index (κ3) is 5.07. The van der Waals surface area contributed by atoms with Crippen LogP contribution in [0.25, 0.3) is 0 Å². The summed E-state index contributed by atoms with van der Waals surface area (Å²) in [5.41, 5.74) is -0.906. The molecule has 9 heteroatoms. The fraction of sp³-hybridized carbons (Fsp3) is 0.500. The van der Waals surface area contributed by atoms with Crippen molar-refractivity contribution in [3.8, 4) is 0 Å². The second-order valence-corrected chi connectivity index (χ2v) is 9.90. The molecular weight excluding hydrogens is 467 g/mol. The van der Waals surface area contributed by atoms with Crippen molar-refractivity contribution in [1.29, 1.82) is 0 Å². The second-order valence-electron chi connectivity index (χ2n) is 9.90. The molecule has 188 valence electrons. The quantitative estimate of drug-likeness (QED) is 0.573. The van der Waals surface area contributed by atoms with E-state index in [1.54, 1.807) is 0 Å². The first-order chi connectivity index (χ1) is 16.6. The molecule has 0 bridgehead atoms. The van der Waals surface area contributed by atoms with Gasteiger partial charge in [0.2, 0.25) is 0 Å². The molecule has 0 aromatic heterocycles. The van der Waals surface area contributed by atoms with Gasteiger partial charge in [-0.3, -0.25) is 9.69 Å². The van der Waals surface area contributed by atoms with Gasteiger partial charge in [0, 0.05) is 31.6 Å². The summed E-state index contributed by atoms with van der Waals surface area (Å²) in [6.07, 6.45) is -1.62. The summed E-state index contributed by atoms with van der Waals surface area (Å²) in [7, 11) is 0. The van der Waals surface area contributed by atoms with Gasteiger partial charge in [-0.1, -0.05) is 12.1 Å². The maximum atomic E-state index is 13.7. The molecule has 1 amide bonds. The Kier molecular flexibility index (Phi) is 6.34. The Morgan fingerprint density at radius 2 is 1.74 bits per heavy atom. The molecule has 2 heterocycles. The molecule has 1 saturated carbocycles. The Morgan fingerprint density at radius 1 is 1.03 bits per heavy atom. The number of nitrogens with zero attached hydrogens (tertiary/aromatic N) is 1. The Hall–Kier alpha value is -2.52. The first-order valence-corrected chi connectivity index (χ1v) is 11.9. The first-order valence-electron chi connectivity index (χ1n) is 11.9. The number of likely N-dealkylation sites (tertiary alicyclic amines) is 1. The molecule has 1 aliphatic carbocycles. The molecule has 5 rings (SSSR count). The third-order valence-corrected chi connectivity index (χ3v) is 7.51. The van der Waals surface area contributed by atoms with Gasteiger partial charge in [-0.2, -0.15) is 13.2 Å². The van der Waals surface area contributed by atoms with Crippen LogP contribution in [0.15, 0.2) is 42.5 Å². The summed E-state index contributed by atoms with van der Waals surface area (Å²) in [5, 5.41) is 2.70. The van der Waals surface area contributed by atoms with Gasteiger partial charge in [0.1, 0.15) is 17.2 Å². The van der Waals surface area contributed by atoms with Gasteiger partial charge in [-0.05, 0) is 73.1 Å². The van der Waals surface area contributed by atoms with E-state index in [4.69, 9.17) is 4.74 Å². The van der Waals surface area contributed by atoms with Crippen LogP contribution in [-0.2, 0) is 22.3 Å². The molecule has 3 fully saturated rings. The second kappa shape index (κ2) is 9.17. The topological polar surface area (TPSA) is 41.6 Å². The van der Waals surface area contributed by atoms with Crippen molar-refractivity contribution in [2.24, 2.45) is 5.92 Å². The van der Waals surface area contributed by atoms with Crippen LogP contribution in [0.5, 0.6) is 0 Å². The van der Waals surface area contributed by atoms with Crippen molar-refractivity contribution < 1.29 is 31.5 Å². The van der Waals surface area contributed by atoms with Gasteiger partial charge in [-0.25, -0.2) is 8.78 Å². The standard InChI is InChI=1S/C26H27F5N2O2/c27-21-5-1-17(2-6-21)18-13-33(14-18)23-7-8-25(35-15-23,19-3-4-19)24(34)32-12-16-9-20(26(29,30)31)11-22(28)10-16/h1-2,5-6,9-11,18-19,23H,3-4,7-8,12-15H2,(H,32,34)/t23?,25-/m0/s1. The van der Waals surface area contributed by atoms with Crippen LogP contribution in [0.1, 0.15) is 48.3 Å². The molecule has 2 saturated heterocycles. The Labute approximate surface area is 200 Å². The van der Waals surface area contributed by atoms with Crippen LogP contribution in [0.2, 0.25) is 0 Å². The number of benzene rings is 2. The summed E-state index contributed by atoms with van der Waals surface area (Å²) in [6, 6.07) is 9.04. The van der Waals surface area contributed by atoms with Crippen molar-refractivity contribution in [2.75, 3.05) is 19.7 Å². The molecule has 2 atom stereocenters. The predicted octanol–water partition coefficient (Wildman–Crippen LogP) is 5.03. The molecular formula is C26H27F5N2O2. The molecule has 0 radical (unpaired) electrons. The summed E-state index contributed by atoms with van der Waals surface area (Å²) in [4.78, 5) is 15.5. The largest absolute Gasteiger partial charge is 0.416 e. The lowest BCUT2D eigenvalue weighted by atomic mass is 9.83. The average molecular weight is 495 g/mol. The van der Waals surface area contributed by atoms with Gasteiger partial charge in [0.25, 0.3) is 5.91 Å². The zero-order valence-electron chi connectivity index (χ0n) is 19.1. The molecule has 2 aliphatic heterocycles. The number of nitrogens with one attached hydrogen (secondary N) is 1. The molecule has 3 aliphatic rings. The lowest BCUT2D eigenvalue weighted by Gasteiger charge is -2.49. The van der Waals surface area contributed by atoms with Gasteiger partial charge in [0.05, 0.1) is 12.2 Å². The summed E-state index contributed by atoms with van der Waals surface area (Å²) in [6.45, 7) is 1.90. The summed E-state index contributed by atoms with van der Waals surface area (Å²) >= 11 is 0. The number of alkyl halides is 3. The highest BCUT2D eigenvalue weighted by molar-refractivity contribution is 5.86. The zero-order valence-corrected chi connectivity index (χ0v) is 19.1. The number of hydrogen-bond donors (Lipinski definition) is 1. The number of hydrogen-bond acceptors (Lipinski definition) is 3. The Morgan fingerprint density at radius 3 is 2.34 bits per heavy atom. The maximum Gasteiger partial charge on any atom is 0.416 e. The predicted molar refractivity (Wildman–Crippen MR) is 118 cm³/mol. The molecule has 2 aromatic rings. The summed E-state index contributed by atoms with van der Waals surface area (Å²) in [5.74, 6) is -1.15. The first kappa shape index (κ1) is 24.2. The fourth-order valence-electron chi connectivity index (χ4n) is 5.31. The van der Waals surface area contributed by atoms with Gasteiger partial charge < -0.3 is 10.1 Å². The van der Waals surface area contributed by atoms with Crippen LogP contribution < -0.4 is 5.32 Å². The normalized spacial score (nSPS) is 25.8. The van der Waals surface area contributed by atoms with E-state index in [-0.39, 0.29) is 35.8 Å². The monoisotopic (exact) mass is 494 g/mol. The molecule has 35 heavy (non-hydrogen) atoms. The van der Waals surface area contributed by atoms with E-state index in [9.17, 15) is 26.7 Å². The highest BCUT2D eigenvalue weighted by Gasteiger charge is 2.54. The Balaban J connectivity index is 1.17.